The molecule has 1 amide bonds. The van der Waals surface area contributed by atoms with E-state index in [-0.39, 0.29) is 44.3 Å². The van der Waals surface area contributed by atoms with E-state index in [2.05, 4.69) is 24.7 Å². The zero-order valence-corrected chi connectivity index (χ0v) is 35.1. The Hall–Kier alpha value is -3.42. The number of aromatic nitrogens is 4. The molecule has 1 aliphatic rings. The molecule has 1 unspecified atom stereocenters. The van der Waals surface area contributed by atoms with Crippen molar-refractivity contribution in [2.75, 3.05) is 19.8 Å². The monoisotopic (exact) mass is 813 g/mol. The number of esters is 1. The molecule has 0 spiro atoms. The largest absolute Gasteiger partial charge is 0.466 e. The minimum atomic E-state index is -4.98. The molecule has 1 saturated carbocycles. The highest BCUT2D eigenvalue weighted by Crippen LogP contribution is 2.40. The van der Waals surface area contributed by atoms with Crippen molar-refractivity contribution in [3.05, 3.63) is 70.8 Å². The van der Waals surface area contributed by atoms with Gasteiger partial charge in [-0.15, -0.1) is 0 Å². The molecule has 1 aliphatic carbocycles. The third kappa shape index (κ3) is 12.0. The summed E-state index contributed by atoms with van der Waals surface area (Å²) < 4.78 is 94.3. The lowest BCUT2D eigenvalue weighted by Gasteiger charge is -2.35. The van der Waals surface area contributed by atoms with Crippen LogP contribution in [0.5, 0.6) is 0 Å². The maximum Gasteiger partial charge on any atom is 0.433 e. The molecule has 1 aromatic carbocycles. The second-order valence-corrected chi connectivity index (χ2v) is 25.9. The number of hydrogen-bond acceptors (Lipinski definition) is 7. The van der Waals surface area contributed by atoms with Crippen molar-refractivity contribution in [3.63, 3.8) is 0 Å². The summed E-state index contributed by atoms with van der Waals surface area (Å²) in [6, 6.07) is 6.99. The minimum Gasteiger partial charge on any atom is -0.466 e. The molecular formula is C38H56F5N5O5Si2. The lowest BCUT2D eigenvalue weighted by molar-refractivity contribution is -0.151. The molecule has 0 bridgehead atoms. The number of hydrogen-bond donors (Lipinski definition) is 0. The van der Waals surface area contributed by atoms with Gasteiger partial charge in [0.25, 0.3) is 5.91 Å². The molecule has 0 radical (unpaired) electrons. The summed E-state index contributed by atoms with van der Waals surface area (Å²) in [6.07, 6.45) is -2.13. The van der Waals surface area contributed by atoms with Gasteiger partial charge in [-0.2, -0.15) is 23.4 Å². The SMILES string of the molecule is CCOC(=O)[C@H]1CC[C@H](n2ncc(C(=O)N(Cc3cc(F)cc(F)c3)CC(O[Si](CC)(CC)CC)c3ccn(COCC[Si](C)(C)C)n3)c2C(F)(F)F)CC1. The summed E-state index contributed by atoms with van der Waals surface area (Å²) in [4.78, 5) is 28.0. The summed E-state index contributed by atoms with van der Waals surface area (Å²) in [5.74, 6) is -3.61. The normalized spacial score (nSPS) is 17.3. The maximum absolute atomic E-state index is 15.0. The molecular weight excluding hydrogens is 758 g/mol. The average molecular weight is 814 g/mol. The number of amides is 1. The Morgan fingerprint density at radius 3 is 2.18 bits per heavy atom. The van der Waals surface area contributed by atoms with Gasteiger partial charge in [0.2, 0.25) is 0 Å². The molecule has 3 aromatic rings. The molecule has 2 heterocycles. The standard InChI is InChI=1S/C38H56F5N5O5Si2/c1-8-52-37(50)28-12-14-31(15-13-28)48-35(38(41,42)43)32(23-44-48)36(49)46(24-27-20-29(39)22-30(40)21-27)25-34(53-55(9-2,10-3)11-4)33-16-17-47(45-33)26-51-18-19-54(5,6)7/h16-17,20-23,28,31,34H,8-15,18-19,24-26H2,1-7H3/t28-,31-,34?. The Labute approximate surface area is 322 Å². The Morgan fingerprint density at radius 1 is 0.982 bits per heavy atom. The highest BCUT2D eigenvalue weighted by Gasteiger charge is 2.44. The van der Waals surface area contributed by atoms with Crippen LogP contribution >= 0.6 is 0 Å². The second kappa shape index (κ2) is 19.2. The Balaban J connectivity index is 1.73. The van der Waals surface area contributed by atoms with Crippen LogP contribution in [0.4, 0.5) is 22.0 Å². The zero-order valence-electron chi connectivity index (χ0n) is 33.1. The molecule has 4 rings (SSSR count). The van der Waals surface area contributed by atoms with Crippen LogP contribution in [-0.2, 0) is 38.1 Å². The maximum atomic E-state index is 15.0. The molecule has 306 valence electrons. The quantitative estimate of drug-likeness (QED) is 0.0515. The molecule has 1 fully saturated rings. The highest BCUT2D eigenvalue weighted by molar-refractivity contribution is 6.76. The van der Waals surface area contributed by atoms with Gasteiger partial charge < -0.3 is 18.8 Å². The van der Waals surface area contributed by atoms with Crippen LogP contribution in [0.15, 0.2) is 36.7 Å². The molecule has 17 heteroatoms. The minimum absolute atomic E-state index is 0.0501. The molecule has 10 nitrogen and oxygen atoms in total. The van der Waals surface area contributed by atoms with Gasteiger partial charge in [0.1, 0.15) is 24.5 Å². The van der Waals surface area contributed by atoms with Gasteiger partial charge in [0, 0.05) is 33.5 Å². The zero-order chi connectivity index (χ0) is 40.6. The van der Waals surface area contributed by atoms with E-state index in [0.29, 0.717) is 31.2 Å². The topological polar surface area (TPSA) is 101 Å². The summed E-state index contributed by atoms with van der Waals surface area (Å²) in [7, 11) is -3.77. The summed E-state index contributed by atoms with van der Waals surface area (Å²) in [5.41, 5.74) is -1.41. The van der Waals surface area contributed by atoms with Crippen LogP contribution in [0.1, 0.15) is 92.8 Å². The number of alkyl halides is 3. The fourth-order valence-electron chi connectivity index (χ4n) is 7.06. The molecule has 1 atom stereocenters. The first kappa shape index (κ1) is 44.3. The van der Waals surface area contributed by atoms with Crippen molar-refractivity contribution in [1.82, 2.24) is 24.5 Å². The smallest absolute Gasteiger partial charge is 0.433 e. The van der Waals surface area contributed by atoms with Crippen molar-refractivity contribution in [2.24, 2.45) is 5.92 Å². The van der Waals surface area contributed by atoms with Gasteiger partial charge in [0.15, 0.2) is 14.0 Å². The molecule has 0 saturated heterocycles. The lowest BCUT2D eigenvalue weighted by Crippen LogP contribution is -2.42. The van der Waals surface area contributed by atoms with Gasteiger partial charge in [0.05, 0.1) is 42.6 Å². The Morgan fingerprint density at radius 2 is 1.62 bits per heavy atom. The first-order valence-corrected chi connectivity index (χ1v) is 25.5. The van der Waals surface area contributed by atoms with E-state index in [1.165, 1.54) is 0 Å². The number of carbonyl (C=O) groups excluding carboxylic acids is 2. The third-order valence-electron chi connectivity index (χ3n) is 10.5. The summed E-state index contributed by atoms with van der Waals surface area (Å²) >= 11 is 0. The molecule has 2 aromatic heterocycles. The van der Waals surface area contributed by atoms with E-state index in [1.54, 1.807) is 23.9 Å². The number of ether oxygens (including phenoxy) is 2. The van der Waals surface area contributed by atoms with E-state index in [4.69, 9.17) is 19.0 Å². The van der Waals surface area contributed by atoms with Crippen molar-refractivity contribution < 1.29 is 45.4 Å². The van der Waals surface area contributed by atoms with Crippen LogP contribution in [0.25, 0.3) is 0 Å². The number of benzene rings is 1. The predicted octanol–water partition coefficient (Wildman–Crippen LogP) is 9.39. The number of rotatable bonds is 19. The Bertz CT molecular complexity index is 1690. The highest BCUT2D eigenvalue weighted by atomic mass is 28.4. The van der Waals surface area contributed by atoms with Gasteiger partial charge >= 0.3 is 12.1 Å². The van der Waals surface area contributed by atoms with Crippen LogP contribution in [0.3, 0.4) is 0 Å². The van der Waals surface area contributed by atoms with Gasteiger partial charge in [-0.1, -0.05) is 40.4 Å². The van der Waals surface area contributed by atoms with Crippen LogP contribution in [0, 0.1) is 17.6 Å². The summed E-state index contributed by atoms with van der Waals surface area (Å²) in [6.45, 7) is 14.8. The van der Waals surface area contributed by atoms with E-state index in [1.807, 2.05) is 20.8 Å². The molecule has 0 aliphatic heterocycles. The van der Waals surface area contributed by atoms with E-state index >= 15 is 0 Å². The van der Waals surface area contributed by atoms with Crippen LogP contribution in [0.2, 0.25) is 43.8 Å². The number of halogens is 5. The lowest BCUT2D eigenvalue weighted by atomic mass is 9.86. The molecule has 55 heavy (non-hydrogen) atoms. The first-order chi connectivity index (χ1) is 25.9. The van der Waals surface area contributed by atoms with E-state index in [0.717, 1.165) is 52.1 Å². The van der Waals surface area contributed by atoms with Crippen molar-refractivity contribution in [2.45, 2.75) is 129 Å². The number of nitrogens with zero attached hydrogens (tertiary/aromatic N) is 5. The summed E-state index contributed by atoms with van der Waals surface area (Å²) in [5, 5.41) is 8.82. The predicted molar refractivity (Wildman–Crippen MR) is 203 cm³/mol. The van der Waals surface area contributed by atoms with Crippen molar-refractivity contribution >= 4 is 28.3 Å². The van der Waals surface area contributed by atoms with Crippen LogP contribution < -0.4 is 0 Å². The van der Waals surface area contributed by atoms with Crippen molar-refractivity contribution in [1.29, 1.82) is 0 Å². The fourth-order valence-corrected chi connectivity index (χ4v) is 10.6. The van der Waals surface area contributed by atoms with Gasteiger partial charge in [-0.3, -0.25) is 14.3 Å². The van der Waals surface area contributed by atoms with Gasteiger partial charge in [-0.05, 0) is 80.5 Å². The number of carbonyl (C=O) groups is 2. The van der Waals surface area contributed by atoms with E-state index in [9.17, 15) is 31.5 Å². The third-order valence-corrected chi connectivity index (χ3v) is 16.8. The molecule has 0 N–H and O–H groups in total. The van der Waals surface area contributed by atoms with Crippen LogP contribution in [-0.4, -0.2) is 72.5 Å². The average Bonchev–Trinajstić information content (AvgIpc) is 3.79. The second-order valence-electron chi connectivity index (χ2n) is 15.5. The fraction of sp³-hybridized carbons (Fsp3) is 0.632. The Kier molecular flexibility index (Phi) is 15.4. The van der Waals surface area contributed by atoms with Crippen molar-refractivity contribution in [3.8, 4) is 0 Å². The van der Waals surface area contributed by atoms with Gasteiger partial charge in [-0.25, -0.2) is 13.5 Å². The van der Waals surface area contributed by atoms with E-state index < -0.39 is 76.0 Å². The first-order valence-electron chi connectivity index (χ1n) is 19.3.